The van der Waals surface area contributed by atoms with Gasteiger partial charge >= 0.3 is 5.69 Å². The van der Waals surface area contributed by atoms with Crippen LogP contribution in [0, 0.1) is 10.1 Å². The van der Waals surface area contributed by atoms with Gasteiger partial charge in [-0.25, -0.2) is 8.78 Å². The Bertz CT molecular complexity index is 474. The third-order valence-corrected chi connectivity index (χ3v) is 3.44. The lowest BCUT2D eigenvalue weighted by Gasteiger charge is -2.33. The SMILES string of the molecule is O=[N+]([O-])c1cncc(Br)c1N1CCC(F)(F)CC1. The Morgan fingerprint density at radius 2 is 2.00 bits per heavy atom. The molecule has 8 heteroatoms. The second-order valence-corrected chi connectivity index (χ2v) is 4.94. The van der Waals surface area contributed by atoms with Gasteiger partial charge in [-0.15, -0.1) is 0 Å². The van der Waals surface area contributed by atoms with Crippen LogP contribution in [0.15, 0.2) is 16.9 Å². The Labute approximate surface area is 110 Å². The van der Waals surface area contributed by atoms with Crippen LogP contribution in [-0.2, 0) is 0 Å². The lowest BCUT2D eigenvalue weighted by molar-refractivity contribution is -0.384. The summed E-state index contributed by atoms with van der Waals surface area (Å²) in [6.45, 7) is 0.187. The Kier molecular flexibility index (Phi) is 3.47. The summed E-state index contributed by atoms with van der Waals surface area (Å²) in [5, 5.41) is 10.9. The number of nitrogens with zero attached hydrogens (tertiary/aromatic N) is 3. The number of aromatic nitrogens is 1. The molecule has 0 aliphatic carbocycles. The predicted octanol–water partition coefficient (Wildman–Crippen LogP) is 2.99. The van der Waals surface area contributed by atoms with E-state index in [2.05, 4.69) is 20.9 Å². The molecule has 18 heavy (non-hydrogen) atoms. The van der Waals surface area contributed by atoms with E-state index in [0.717, 1.165) is 6.20 Å². The zero-order valence-corrected chi connectivity index (χ0v) is 10.9. The fraction of sp³-hybridized carbons (Fsp3) is 0.500. The Balaban J connectivity index is 2.31. The molecule has 0 amide bonds. The molecule has 1 aromatic rings. The van der Waals surface area contributed by atoms with E-state index in [9.17, 15) is 18.9 Å². The standard InChI is InChI=1S/C10H10BrF2N3O2/c11-7-5-14-6-8(16(17)18)9(7)15-3-1-10(12,13)2-4-15/h5-6H,1-4H2. The number of hydrogen-bond acceptors (Lipinski definition) is 4. The highest BCUT2D eigenvalue weighted by atomic mass is 79.9. The molecule has 5 nitrogen and oxygen atoms in total. The molecule has 1 saturated heterocycles. The molecule has 0 spiro atoms. The molecule has 0 radical (unpaired) electrons. The van der Waals surface area contributed by atoms with Gasteiger partial charge in [0.1, 0.15) is 11.9 Å². The minimum atomic E-state index is -2.68. The largest absolute Gasteiger partial charge is 0.365 e. The highest BCUT2D eigenvalue weighted by Gasteiger charge is 2.36. The summed E-state index contributed by atoms with van der Waals surface area (Å²) in [6.07, 6.45) is 1.97. The minimum absolute atomic E-state index is 0.0937. The highest BCUT2D eigenvalue weighted by molar-refractivity contribution is 9.10. The van der Waals surface area contributed by atoms with E-state index in [0.29, 0.717) is 10.2 Å². The first-order chi connectivity index (χ1) is 8.41. The third-order valence-electron chi connectivity index (χ3n) is 2.86. The maximum absolute atomic E-state index is 13.1. The van der Waals surface area contributed by atoms with Crippen LogP contribution in [0.3, 0.4) is 0 Å². The van der Waals surface area contributed by atoms with Crippen LogP contribution in [0.25, 0.3) is 0 Å². The van der Waals surface area contributed by atoms with E-state index >= 15 is 0 Å². The summed E-state index contributed by atoms with van der Waals surface area (Å²) in [5.41, 5.74) is 0.153. The van der Waals surface area contributed by atoms with Gasteiger partial charge in [-0.05, 0) is 15.9 Å². The van der Waals surface area contributed by atoms with Gasteiger partial charge in [-0.3, -0.25) is 15.1 Å². The van der Waals surface area contributed by atoms with Gasteiger partial charge in [-0.2, -0.15) is 0 Å². The molecule has 1 aliphatic rings. The molecule has 0 N–H and O–H groups in total. The number of hydrogen-bond donors (Lipinski definition) is 0. The van der Waals surface area contributed by atoms with Crippen molar-refractivity contribution in [2.24, 2.45) is 0 Å². The topological polar surface area (TPSA) is 59.3 Å². The molecule has 0 bridgehead atoms. The average Bonchev–Trinajstić information content (AvgIpc) is 2.29. The van der Waals surface area contributed by atoms with Crippen LogP contribution in [0.5, 0.6) is 0 Å². The summed E-state index contributed by atoms with van der Waals surface area (Å²) in [5.74, 6) is -2.68. The number of piperidine rings is 1. The van der Waals surface area contributed by atoms with E-state index in [-0.39, 0.29) is 31.6 Å². The predicted molar refractivity (Wildman–Crippen MR) is 65.0 cm³/mol. The summed E-state index contributed by atoms with van der Waals surface area (Å²) < 4.78 is 26.6. The molecule has 2 heterocycles. The molecule has 0 atom stereocenters. The second kappa shape index (κ2) is 4.75. The quantitative estimate of drug-likeness (QED) is 0.620. The minimum Gasteiger partial charge on any atom is -0.365 e. The van der Waals surface area contributed by atoms with Crippen LogP contribution in [0.2, 0.25) is 0 Å². The van der Waals surface area contributed by atoms with Gasteiger partial charge < -0.3 is 4.90 Å². The number of nitro groups is 1. The first kappa shape index (κ1) is 13.1. The zero-order valence-electron chi connectivity index (χ0n) is 9.28. The lowest BCUT2D eigenvalue weighted by atomic mass is 10.1. The van der Waals surface area contributed by atoms with E-state index in [1.807, 2.05) is 0 Å². The molecule has 0 unspecified atom stereocenters. The molecule has 1 aliphatic heterocycles. The van der Waals surface area contributed by atoms with E-state index in [4.69, 9.17) is 0 Å². The van der Waals surface area contributed by atoms with Crippen molar-refractivity contribution in [2.45, 2.75) is 18.8 Å². The average molecular weight is 322 g/mol. The normalized spacial score (nSPS) is 18.7. The highest BCUT2D eigenvalue weighted by Crippen LogP contribution is 2.38. The molecular weight excluding hydrogens is 312 g/mol. The molecule has 0 saturated carbocycles. The van der Waals surface area contributed by atoms with Crippen LogP contribution in [0.4, 0.5) is 20.2 Å². The van der Waals surface area contributed by atoms with Crippen LogP contribution >= 0.6 is 15.9 Å². The van der Waals surface area contributed by atoms with Gasteiger partial charge in [0.05, 0.1) is 9.40 Å². The van der Waals surface area contributed by atoms with Crippen molar-refractivity contribution >= 4 is 27.3 Å². The maximum atomic E-state index is 13.1. The van der Waals surface area contributed by atoms with Crippen LogP contribution in [-0.4, -0.2) is 28.9 Å². The summed E-state index contributed by atoms with van der Waals surface area (Å²) in [6, 6.07) is 0. The summed E-state index contributed by atoms with van der Waals surface area (Å²) >= 11 is 3.18. The number of halogens is 3. The molecule has 0 aromatic carbocycles. The number of rotatable bonds is 2. The number of anilines is 1. The van der Waals surface area contributed by atoms with Crippen LogP contribution in [0.1, 0.15) is 12.8 Å². The Morgan fingerprint density at radius 1 is 1.39 bits per heavy atom. The molecule has 2 rings (SSSR count). The van der Waals surface area contributed by atoms with Crippen LogP contribution < -0.4 is 4.90 Å². The van der Waals surface area contributed by atoms with E-state index < -0.39 is 10.8 Å². The smallest absolute Gasteiger partial charge is 0.311 e. The van der Waals surface area contributed by atoms with Gasteiger partial charge in [0, 0.05) is 32.1 Å². The first-order valence-corrected chi connectivity index (χ1v) is 6.11. The number of pyridine rings is 1. The molecule has 98 valence electrons. The third kappa shape index (κ3) is 2.58. The fourth-order valence-corrected chi connectivity index (χ4v) is 2.49. The monoisotopic (exact) mass is 321 g/mol. The van der Waals surface area contributed by atoms with Gasteiger partial charge in [0.25, 0.3) is 5.92 Å². The zero-order chi connectivity index (χ0) is 13.3. The van der Waals surface area contributed by atoms with Crippen molar-refractivity contribution in [1.29, 1.82) is 0 Å². The number of alkyl halides is 2. The van der Waals surface area contributed by atoms with E-state index in [1.165, 1.54) is 6.20 Å². The van der Waals surface area contributed by atoms with Crippen molar-refractivity contribution in [1.82, 2.24) is 4.98 Å². The Hall–Kier alpha value is -1.31. The van der Waals surface area contributed by atoms with Crippen molar-refractivity contribution in [2.75, 3.05) is 18.0 Å². The van der Waals surface area contributed by atoms with Crippen molar-refractivity contribution in [3.05, 3.63) is 27.0 Å². The van der Waals surface area contributed by atoms with Gasteiger partial charge in [0.15, 0.2) is 0 Å². The van der Waals surface area contributed by atoms with Crippen molar-refractivity contribution in [3.8, 4) is 0 Å². The van der Waals surface area contributed by atoms with Gasteiger partial charge in [0.2, 0.25) is 0 Å². The van der Waals surface area contributed by atoms with Gasteiger partial charge in [-0.1, -0.05) is 0 Å². The van der Waals surface area contributed by atoms with E-state index in [1.54, 1.807) is 4.90 Å². The second-order valence-electron chi connectivity index (χ2n) is 4.09. The first-order valence-electron chi connectivity index (χ1n) is 5.31. The fourth-order valence-electron chi connectivity index (χ4n) is 1.92. The maximum Gasteiger partial charge on any atom is 0.311 e. The summed E-state index contributed by atoms with van der Waals surface area (Å²) in [7, 11) is 0. The lowest BCUT2D eigenvalue weighted by Crippen LogP contribution is -2.39. The van der Waals surface area contributed by atoms with Crippen molar-refractivity contribution in [3.63, 3.8) is 0 Å². The Morgan fingerprint density at radius 3 is 2.56 bits per heavy atom. The molecule has 1 aromatic heterocycles. The summed E-state index contributed by atoms with van der Waals surface area (Å²) in [4.78, 5) is 15.7. The molecular formula is C10H10BrF2N3O2. The van der Waals surface area contributed by atoms with Crippen molar-refractivity contribution < 1.29 is 13.7 Å². The molecule has 1 fully saturated rings.